The topological polar surface area (TPSA) is 65.4 Å². The zero-order valence-electron chi connectivity index (χ0n) is 17.0. The van der Waals surface area contributed by atoms with E-state index in [1.165, 1.54) is 12.1 Å². The van der Waals surface area contributed by atoms with Crippen LogP contribution in [0.15, 0.2) is 72.8 Å². The molecule has 0 saturated heterocycles. The van der Waals surface area contributed by atoms with Gasteiger partial charge >= 0.3 is 0 Å². The van der Waals surface area contributed by atoms with Crippen molar-refractivity contribution in [1.29, 1.82) is 0 Å². The van der Waals surface area contributed by atoms with Crippen LogP contribution in [0.2, 0.25) is 0 Å². The molecule has 3 aromatic carbocycles. The van der Waals surface area contributed by atoms with Crippen molar-refractivity contribution < 1.29 is 18.7 Å². The lowest BCUT2D eigenvalue weighted by molar-refractivity contribution is 0.0945. The van der Waals surface area contributed by atoms with Crippen LogP contribution in [0.4, 0.5) is 4.39 Å². The fourth-order valence-corrected chi connectivity index (χ4v) is 3.39. The smallest absolute Gasteiger partial charge is 0.254 e. The first kappa shape index (κ1) is 20.4. The molecule has 0 radical (unpaired) electrons. The Balaban J connectivity index is 1.50. The van der Waals surface area contributed by atoms with Gasteiger partial charge in [0, 0.05) is 0 Å². The second kappa shape index (κ2) is 9.30. The molecule has 0 aliphatic rings. The highest BCUT2D eigenvalue weighted by molar-refractivity contribution is 5.94. The molecule has 31 heavy (non-hydrogen) atoms. The van der Waals surface area contributed by atoms with Crippen LogP contribution in [0.25, 0.3) is 11.0 Å². The third kappa shape index (κ3) is 4.50. The van der Waals surface area contributed by atoms with Gasteiger partial charge in [-0.25, -0.2) is 9.37 Å². The van der Waals surface area contributed by atoms with Crippen LogP contribution < -0.4 is 14.8 Å². The monoisotopic (exact) mass is 419 g/mol. The van der Waals surface area contributed by atoms with Gasteiger partial charge < -0.3 is 19.4 Å². The first-order valence-corrected chi connectivity index (χ1v) is 9.90. The van der Waals surface area contributed by atoms with Crippen LogP contribution in [-0.4, -0.2) is 29.2 Å². The Morgan fingerprint density at radius 1 is 1.00 bits per heavy atom. The summed E-state index contributed by atoms with van der Waals surface area (Å²) in [6.45, 7) is 1.06. The van der Waals surface area contributed by atoms with E-state index in [2.05, 4.69) is 10.3 Å². The standard InChI is InChI=1S/C24H22FN3O3/c1-30-21-12-6-7-13-22(21)31-15-14-28-20-11-5-4-10-19(20)27-23(28)16-26-24(29)17-8-2-3-9-18(17)25/h2-13H,14-16H2,1H3,(H,26,29). The molecule has 0 aliphatic heterocycles. The fraction of sp³-hybridized carbons (Fsp3) is 0.167. The number of methoxy groups -OCH3 is 1. The highest BCUT2D eigenvalue weighted by Gasteiger charge is 2.15. The summed E-state index contributed by atoms with van der Waals surface area (Å²) in [5.74, 6) is 0.939. The number of nitrogens with zero attached hydrogens (tertiary/aromatic N) is 2. The molecule has 0 unspecified atom stereocenters. The lowest BCUT2D eigenvalue weighted by Gasteiger charge is -2.13. The molecular formula is C24H22FN3O3. The van der Waals surface area contributed by atoms with Crippen molar-refractivity contribution in [2.75, 3.05) is 13.7 Å². The Morgan fingerprint density at radius 3 is 2.52 bits per heavy atom. The molecule has 1 aromatic heterocycles. The number of aromatic nitrogens is 2. The Bertz CT molecular complexity index is 1210. The quantitative estimate of drug-likeness (QED) is 0.465. The van der Waals surface area contributed by atoms with Crippen molar-refractivity contribution >= 4 is 16.9 Å². The van der Waals surface area contributed by atoms with E-state index in [0.29, 0.717) is 30.5 Å². The van der Waals surface area contributed by atoms with E-state index in [-0.39, 0.29) is 12.1 Å². The molecule has 4 rings (SSSR count). The Hall–Kier alpha value is -3.87. The van der Waals surface area contributed by atoms with Crippen molar-refractivity contribution in [3.05, 3.63) is 90.0 Å². The van der Waals surface area contributed by atoms with Crippen LogP contribution in [0, 0.1) is 5.82 Å². The lowest BCUT2D eigenvalue weighted by Crippen LogP contribution is -2.26. The first-order valence-electron chi connectivity index (χ1n) is 9.90. The number of halogens is 1. The van der Waals surface area contributed by atoms with E-state index >= 15 is 0 Å². The van der Waals surface area contributed by atoms with Gasteiger partial charge in [0.05, 0.1) is 36.8 Å². The number of imidazole rings is 1. The predicted molar refractivity (Wildman–Crippen MR) is 116 cm³/mol. The molecule has 0 aliphatic carbocycles. The third-order valence-electron chi connectivity index (χ3n) is 4.90. The van der Waals surface area contributed by atoms with Gasteiger partial charge in [-0.1, -0.05) is 36.4 Å². The van der Waals surface area contributed by atoms with Gasteiger partial charge in [-0.15, -0.1) is 0 Å². The molecule has 1 heterocycles. The summed E-state index contributed by atoms with van der Waals surface area (Å²) in [6.07, 6.45) is 0. The maximum atomic E-state index is 13.9. The van der Waals surface area contributed by atoms with Gasteiger partial charge in [-0.2, -0.15) is 0 Å². The van der Waals surface area contributed by atoms with E-state index in [4.69, 9.17) is 9.47 Å². The maximum Gasteiger partial charge on any atom is 0.254 e. The second-order valence-electron chi connectivity index (χ2n) is 6.83. The SMILES string of the molecule is COc1ccccc1OCCn1c(CNC(=O)c2ccccc2F)nc2ccccc21. The zero-order valence-corrected chi connectivity index (χ0v) is 17.0. The minimum Gasteiger partial charge on any atom is -0.493 e. The lowest BCUT2D eigenvalue weighted by atomic mass is 10.2. The average Bonchev–Trinajstić information content (AvgIpc) is 3.15. The van der Waals surface area contributed by atoms with E-state index in [1.807, 2.05) is 53.1 Å². The number of hydrogen-bond donors (Lipinski definition) is 1. The van der Waals surface area contributed by atoms with Crippen molar-refractivity contribution in [2.24, 2.45) is 0 Å². The predicted octanol–water partition coefficient (Wildman–Crippen LogP) is 4.19. The van der Waals surface area contributed by atoms with Crippen LogP contribution in [-0.2, 0) is 13.1 Å². The van der Waals surface area contributed by atoms with E-state index in [9.17, 15) is 9.18 Å². The molecule has 0 bridgehead atoms. The number of amides is 1. The summed E-state index contributed by atoms with van der Waals surface area (Å²) >= 11 is 0. The Kier molecular flexibility index (Phi) is 6.12. The van der Waals surface area contributed by atoms with Gasteiger partial charge in [0.1, 0.15) is 18.2 Å². The van der Waals surface area contributed by atoms with Gasteiger partial charge in [0.2, 0.25) is 0 Å². The summed E-state index contributed by atoms with van der Waals surface area (Å²) < 4.78 is 27.1. The molecule has 0 atom stereocenters. The number of rotatable bonds is 8. The molecule has 6 nitrogen and oxygen atoms in total. The maximum absolute atomic E-state index is 13.9. The summed E-state index contributed by atoms with van der Waals surface area (Å²) in [5, 5.41) is 2.76. The van der Waals surface area contributed by atoms with Gasteiger partial charge in [0.15, 0.2) is 11.5 Å². The fourth-order valence-electron chi connectivity index (χ4n) is 3.39. The molecule has 0 fully saturated rings. The first-order chi connectivity index (χ1) is 15.2. The van der Waals surface area contributed by atoms with E-state index in [0.717, 1.165) is 11.0 Å². The molecule has 0 spiro atoms. The second-order valence-corrected chi connectivity index (χ2v) is 6.83. The molecule has 158 valence electrons. The molecule has 7 heteroatoms. The molecule has 1 amide bonds. The van der Waals surface area contributed by atoms with Gasteiger partial charge in [0.25, 0.3) is 5.91 Å². The normalized spacial score (nSPS) is 10.8. The molecule has 1 N–H and O–H groups in total. The van der Waals surface area contributed by atoms with E-state index in [1.54, 1.807) is 19.2 Å². The average molecular weight is 419 g/mol. The summed E-state index contributed by atoms with van der Waals surface area (Å²) in [5.41, 5.74) is 1.75. The Labute approximate surface area is 179 Å². The van der Waals surface area contributed by atoms with Crippen LogP contribution in [0.5, 0.6) is 11.5 Å². The number of benzene rings is 3. The van der Waals surface area contributed by atoms with Crippen molar-refractivity contribution in [1.82, 2.24) is 14.9 Å². The Morgan fingerprint density at radius 2 is 1.71 bits per heavy atom. The molecule has 4 aromatic rings. The van der Waals surface area contributed by atoms with Crippen molar-refractivity contribution in [3.8, 4) is 11.5 Å². The highest BCUT2D eigenvalue weighted by Crippen LogP contribution is 2.26. The van der Waals surface area contributed by atoms with E-state index < -0.39 is 11.7 Å². The van der Waals surface area contributed by atoms with Crippen molar-refractivity contribution in [2.45, 2.75) is 13.1 Å². The third-order valence-corrected chi connectivity index (χ3v) is 4.90. The van der Waals surface area contributed by atoms with Crippen LogP contribution >= 0.6 is 0 Å². The van der Waals surface area contributed by atoms with Crippen LogP contribution in [0.3, 0.4) is 0 Å². The number of fused-ring (bicyclic) bond motifs is 1. The number of para-hydroxylation sites is 4. The summed E-state index contributed by atoms with van der Waals surface area (Å²) in [4.78, 5) is 17.0. The summed E-state index contributed by atoms with van der Waals surface area (Å²) in [6, 6.07) is 21.1. The zero-order chi connectivity index (χ0) is 21.6. The van der Waals surface area contributed by atoms with Crippen LogP contribution in [0.1, 0.15) is 16.2 Å². The largest absolute Gasteiger partial charge is 0.493 e. The van der Waals surface area contributed by atoms with Gasteiger partial charge in [-0.05, 0) is 36.4 Å². The number of ether oxygens (including phenoxy) is 2. The molecular weight excluding hydrogens is 397 g/mol. The summed E-state index contributed by atoms with van der Waals surface area (Å²) in [7, 11) is 1.60. The minimum atomic E-state index is -0.557. The number of carbonyl (C=O) groups excluding carboxylic acids is 1. The highest BCUT2D eigenvalue weighted by atomic mass is 19.1. The van der Waals surface area contributed by atoms with Gasteiger partial charge in [-0.3, -0.25) is 4.79 Å². The van der Waals surface area contributed by atoms with Crippen molar-refractivity contribution in [3.63, 3.8) is 0 Å². The molecule has 0 saturated carbocycles. The number of nitrogens with one attached hydrogen (secondary N) is 1. The number of hydrogen-bond acceptors (Lipinski definition) is 4. The minimum absolute atomic E-state index is 0.00432. The number of carbonyl (C=O) groups is 1.